The molecule has 0 bridgehead atoms. The van der Waals surface area contributed by atoms with Gasteiger partial charge in [-0.3, -0.25) is 4.79 Å². The molecule has 1 aliphatic rings. The zero-order valence-corrected chi connectivity index (χ0v) is 17.2. The molecule has 0 saturated heterocycles. The summed E-state index contributed by atoms with van der Waals surface area (Å²) >= 11 is 0. The fraction of sp³-hybridized carbons (Fsp3) is 0.160. The van der Waals surface area contributed by atoms with Crippen molar-refractivity contribution in [2.24, 2.45) is 0 Å². The number of carbonyl (C=O) groups excluding carboxylic acids is 1. The second kappa shape index (κ2) is 9.71. The fourth-order valence-corrected chi connectivity index (χ4v) is 3.11. The van der Waals surface area contributed by atoms with E-state index in [2.05, 4.69) is 5.32 Å². The van der Waals surface area contributed by atoms with E-state index in [1.54, 1.807) is 13.2 Å². The van der Waals surface area contributed by atoms with Crippen LogP contribution in [0.2, 0.25) is 0 Å². The number of methoxy groups -OCH3 is 1. The fourth-order valence-electron chi connectivity index (χ4n) is 3.11. The van der Waals surface area contributed by atoms with Crippen LogP contribution < -0.4 is 24.3 Å². The van der Waals surface area contributed by atoms with Crippen LogP contribution in [0.5, 0.6) is 23.0 Å². The Labute approximate surface area is 181 Å². The van der Waals surface area contributed by atoms with Gasteiger partial charge in [-0.25, -0.2) is 0 Å². The van der Waals surface area contributed by atoms with E-state index >= 15 is 0 Å². The van der Waals surface area contributed by atoms with E-state index in [4.69, 9.17) is 18.9 Å². The first-order valence-corrected chi connectivity index (χ1v) is 9.90. The Bertz CT molecular complexity index is 1080. The lowest BCUT2D eigenvalue weighted by molar-refractivity contribution is -0.116. The maximum atomic E-state index is 12.2. The van der Waals surface area contributed by atoms with Gasteiger partial charge in [-0.05, 0) is 47.0 Å². The highest BCUT2D eigenvalue weighted by atomic mass is 16.7. The molecule has 158 valence electrons. The second-order valence-corrected chi connectivity index (χ2v) is 6.92. The standard InChI is InChI=1S/C25H23NO5/c1-28-23-14-20(8-11-21(23)29-16-19-5-3-2-4-6-19)15-26-25(27)12-9-18-7-10-22-24(13-18)31-17-30-22/h2-14H,15-17H2,1H3,(H,26,27)/b12-9+. The molecule has 4 rings (SSSR count). The maximum absolute atomic E-state index is 12.2. The molecule has 3 aromatic carbocycles. The van der Waals surface area contributed by atoms with Crippen LogP contribution in [0.4, 0.5) is 0 Å². The van der Waals surface area contributed by atoms with Crippen molar-refractivity contribution in [2.45, 2.75) is 13.2 Å². The third kappa shape index (κ3) is 5.36. The minimum Gasteiger partial charge on any atom is -0.493 e. The molecule has 0 aromatic heterocycles. The number of benzene rings is 3. The van der Waals surface area contributed by atoms with Crippen molar-refractivity contribution in [1.82, 2.24) is 5.32 Å². The number of amides is 1. The molecule has 0 saturated carbocycles. The molecule has 1 N–H and O–H groups in total. The molecule has 6 nitrogen and oxygen atoms in total. The Hall–Kier alpha value is -3.93. The second-order valence-electron chi connectivity index (χ2n) is 6.92. The van der Waals surface area contributed by atoms with Crippen molar-refractivity contribution in [2.75, 3.05) is 13.9 Å². The molecule has 31 heavy (non-hydrogen) atoms. The van der Waals surface area contributed by atoms with Crippen LogP contribution in [0.15, 0.2) is 72.8 Å². The largest absolute Gasteiger partial charge is 0.493 e. The molecular weight excluding hydrogens is 394 g/mol. The first-order chi connectivity index (χ1) is 15.2. The molecule has 0 spiro atoms. The molecule has 1 heterocycles. The van der Waals surface area contributed by atoms with Crippen molar-refractivity contribution in [1.29, 1.82) is 0 Å². The number of carbonyl (C=O) groups is 1. The molecule has 0 unspecified atom stereocenters. The molecule has 0 fully saturated rings. The molecule has 1 aliphatic heterocycles. The Kier molecular flexibility index (Phi) is 6.38. The molecule has 1 amide bonds. The third-order valence-corrected chi connectivity index (χ3v) is 4.76. The number of rotatable bonds is 8. The van der Waals surface area contributed by atoms with E-state index in [1.807, 2.05) is 66.7 Å². The molecule has 3 aromatic rings. The summed E-state index contributed by atoms with van der Waals surface area (Å²) in [6, 6.07) is 21.1. The maximum Gasteiger partial charge on any atom is 0.244 e. The molecule has 0 aliphatic carbocycles. The summed E-state index contributed by atoms with van der Waals surface area (Å²) in [4.78, 5) is 12.2. The molecule has 6 heteroatoms. The van der Waals surface area contributed by atoms with E-state index in [0.29, 0.717) is 36.1 Å². The Morgan fingerprint density at radius 1 is 0.968 bits per heavy atom. The monoisotopic (exact) mass is 417 g/mol. The summed E-state index contributed by atoms with van der Waals surface area (Å²) in [6.45, 7) is 1.06. The highest BCUT2D eigenvalue weighted by Gasteiger charge is 2.12. The predicted octanol–water partition coefficient (Wildman–Crippen LogP) is 4.33. The minimum absolute atomic E-state index is 0.193. The van der Waals surface area contributed by atoms with Gasteiger partial charge in [0.25, 0.3) is 0 Å². The number of hydrogen-bond donors (Lipinski definition) is 1. The average molecular weight is 417 g/mol. The lowest BCUT2D eigenvalue weighted by atomic mass is 10.2. The zero-order chi connectivity index (χ0) is 21.5. The Balaban J connectivity index is 1.32. The van der Waals surface area contributed by atoms with E-state index in [0.717, 1.165) is 16.7 Å². The number of ether oxygens (including phenoxy) is 4. The third-order valence-electron chi connectivity index (χ3n) is 4.76. The van der Waals surface area contributed by atoms with E-state index in [9.17, 15) is 4.79 Å². The van der Waals surface area contributed by atoms with Gasteiger partial charge in [0, 0.05) is 12.6 Å². The van der Waals surface area contributed by atoms with Gasteiger partial charge in [-0.1, -0.05) is 42.5 Å². The van der Waals surface area contributed by atoms with Crippen LogP contribution in [0.25, 0.3) is 6.08 Å². The number of nitrogens with one attached hydrogen (secondary N) is 1. The van der Waals surface area contributed by atoms with E-state index in [1.165, 1.54) is 6.08 Å². The van der Waals surface area contributed by atoms with Gasteiger partial charge in [0.2, 0.25) is 12.7 Å². The SMILES string of the molecule is COc1cc(CNC(=O)/C=C/c2ccc3c(c2)OCO3)ccc1OCc1ccccc1. The molecule has 0 atom stereocenters. The van der Waals surface area contributed by atoms with Crippen molar-refractivity contribution < 1.29 is 23.7 Å². The van der Waals surface area contributed by atoms with Gasteiger partial charge in [-0.2, -0.15) is 0 Å². The van der Waals surface area contributed by atoms with Gasteiger partial charge in [-0.15, -0.1) is 0 Å². The van der Waals surface area contributed by atoms with Gasteiger partial charge >= 0.3 is 0 Å². The summed E-state index contributed by atoms with van der Waals surface area (Å²) in [5.74, 6) is 2.49. The first-order valence-electron chi connectivity index (χ1n) is 9.90. The van der Waals surface area contributed by atoms with Crippen molar-refractivity contribution in [3.8, 4) is 23.0 Å². The molecular formula is C25H23NO5. The van der Waals surface area contributed by atoms with Crippen LogP contribution in [0.1, 0.15) is 16.7 Å². The van der Waals surface area contributed by atoms with E-state index < -0.39 is 0 Å². The summed E-state index contributed by atoms with van der Waals surface area (Å²) in [5.41, 5.74) is 2.85. The van der Waals surface area contributed by atoms with Crippen LogP contribution in [-0.4, -0.2) is 19.8 Å². The van der Waals surface area contributed by atoms with Gasteiger partial charge in [0.1, 0.15) is 6.61 Å². The van der Waals surface area contributed by atoms with Gasteiger partial charge in [0.15, 0.2) is 23.0 Å². The summed E-state index contributed by atoms with van der Waals surface area (Å²) in [6.07, 6.45) is 3.23. The quantitative estimate of drug-likeness (QED) is 0.553. The summed E-state index contributed by atoms with van der Waals surface area (Å²) in [5, 5.41) is 2.87. The highest BCUT2D eigenvalue weighted by Crippen LogP contribution is 2.33. The minimum atomic E-state index is -0.193. The van der Waals surface area contributed by atoms with Crippen LogP contribution in [0.3, 0.4) is 0 Å². The van der Waals surface area contributed by atoms with Gasteiger partial charge in [0.05, 0.1) is 7.11 Å². The zero-order valence-electron chi connectivity index (χ0n) is 17.2. The smallest absolute Gasteiger partial charge is 0.244 e. The Morgan fingerprint density at radius 2 is 1.81 bits per heavy atom. The first kappa shape index (κ1) is 20.3. The van der Waals surface area contributed by atoms with Crippen molar-refractivity contribution >= 4 is 12.0 Å². The number of hydrogen-bond acceptors (Lipinski definition) is 5. The summed E-state index contributed by atoms with van der Waals surface area (Å²) in [7, 11) is 1.60. The van der Waals surface area contributed by atoms with Gasteiger partial charge < -0.3 is 24.3 Å². The normalized spacial score (nSPS) is 12.0. The van der Waals surface area contributed by atoms with Crippen LogP contribution >= 0.6 is 0 Å². The predicted molar refractivity (Wildman–Crippen MR) is 117 cm³/mol. The average Bonchev–Trinajstić information content (AvgIpc) is 3.29. The van der Waals surface area contributed by atoms with Crippen LogP contribution in [0, 0.1) is 0 Å². The topological polar surface area (TPSA) is 66.0 Å². The highest BCUT2D eigenvalue weighted by molar-refractivity contribution is 5.91. The molecule has 0 radical (unpaired) electrons. The lowest BCUT2D eigenvalue weighted by Crippen LogP contribution is -2.20. The van der Waals surface area contributed by atoms with Crippen LogP contribution in [-0.2, 0) is 17.9 Å². The van der Waals surface area contributed by atoms with E-state index in [-0.39, 0.29) is 12.7 Å². The number of fused-ring (bicyclic) bond motifs is 1. The summed E-state index contributed by atoms with van der Waals surface area (Å²) < 4.78 is 22.0. The Morgan fingerprint density at radius 3 is 2.65 bits per heavy atom. The van der Waals surface area contributed by atoms with Crippen molar-refractivity contribution in [3.05, 3.63) is 89.5 Å². The van der Waals surface area contributed by atoms with Crippen molar-refractivity contribution in [3.63, 3.8) is 0 Å². The lowest BCUT2D eigenvalue weighted by Gasteiger charge is -2.12.